The van der Waals surface area contributed by atoms with Crippen molar-refractivity contribution in [2.75, 3.05) is 19.2 Å². The van der Waals surface area contributed by atoms with Crippen LogP contribution in [0.15, 0.2) is 36.9 Å². The summed E-state index contributed by atoms with van der Waals surface area (Å²) in [5.41, 5.74) is 15.3. The van der Waals surface area contributed by atoms with Gasteiger partial charge in [-0.3, -0.25) is 4.99 Å². The number of nitrogens with one attached hydrogen (secondary N) is 2. The number of ether oxygens (including phenoxy) is 1. The summed E-state index contributed by atoms with van der Waals surface area (Å²) in [6.07, 6.45) is 8.93. The maximum Gasteiger partial charge on any atom is 0.290 e. The molecule has 0 fully saturated rings. The van der Waals surface area contributed by atoms with Gasteiger partial charge in [-0.15, -0.1) is 0 Å². The van der Waals surface area contributed by atoms with Gasteiger partial charge in [0, 0.05) is 19.5 Å². The van der Waals surface area contributed by atoms with Gasteiger partial charge in [-0.05, 0) is 18.6 Å². The van der Waals surface area contributed by atoms with Crippen LogP contribution in [0.2, 0.25) is 0 Å². The van der Waals surface area contributed by atoms with E-state index in [4.69, 9.17) is 15.5 Å². The maximum absolute atomic E-state index is 5.75. The molecule has 0 aliphatic carbocycles. The first-order chi connectivity index (χ1) is 14.2. The number of allylic oxidation sites excluding steroid dienone is 1. The van der Waals surface area contributed by atoms with Crippen molar-refractivity contribution < 1.29 is 15.2 Å². The number of aromatic nitrogens is 4. The molecule has 0 aromatic carbocycles. The molecular formula is C19H25N9O+2. The highest BCUT2D eigenvalue weighted by Gasteiger charge is 2.32. The van der Waals surface area contributed by atoms with Crippen LogP contribution >= 0.6 is 0 Å². The molecule has 6 N–H and O–H groups in total. The lowest BCUT2D eigenvalue weighted by Gasteiger charge is -2.23. The van der Waals surface area contributed by atoms with E-state index in [0.29, 0.717) is 12.3 Å². The Kier molecular flexibility index (Phi) is 5.21. The zero-order valence-corrected chi connectivity index (χ0v) is 16.6. The molecule has 0 saturated heterocycles. The number of methoxy groups -OCH3 is 1. The minimum absolute atomic E-state index is 0.00201. The third kappa shape index (κ3) is 3.44. The van der Waals surface area contributed by atoms with Crippen molar-refractivity contribution in [1.82, 2.24) is 24.9 Å². The number of hydrogen-bond acceptors (Lipinski definition) is 7. The van der Waals surface area contributed by atoms with E-state index in [1.807, 2.05) is 29.7 Å². The molecule has 4 heterocycles. The second-order valence-corrected chi connectivity index (χ2v) is 6.71. The Morgan fingerprint density at radius 2 is 2.24 bits per heavy atom. The van der Waals surface area contributed by atoms with Gasteiger partial charge < -0.3 is 14.9 Å². The van der Waals surface area contributed by atoms with E-state index in [1.54, 1.807) is 19.5 Å². The molecule has 4 rings (SSSR count). The monoisotopic (exact) mass is 395 g/mol. The highest BCUT2D eigenvalue weighted by Crippen LogP contribution is 2.29. The second-order valence-electron chi connectivity index (χ2n) is 6.71. The van der Waals surface area contributed by atoms with Crippen molar-refractivity contribution in [2.24, 2.45) is 5.73 Å². The number of rotatable bonds is 6. The number of nitrogens with two attached hydrogens (primary N) is 2. The summed E-state index contributed by atoms with van der Waals surface area (Å²) in [6, 6.07) is 4.07. The number of quaternary nitrogens is 1. The molecule has 10 heteroatoms. The van der Waals surface area contributed by atoms with Gasteiger partial charge in [0.1, 0.15) is 12.7 Å². The van der Waals surface area contributed by atoms with Crippen LogP contribution in [0.1, 0.15) is 29.9 Å². The number of fused-ring (bicyclic) bond motifs is 2. The third-order valence-corrected chi connectivity index (χ3v) is 4.89. The number of nitrogens with zero attached hydrogens (tertiary/aromatic N) is 5. The molecule has 0 saturated carbocycles. The number of anilines is 1. The van der Waals surface area contributed by atoms with Gasteiger partial charge in [0.2, 0.25) is 5.82 Å². The third-order valence-electron chi connectivity index (χ3n) is 4.89. The quantitative estimate of drug-likeness (QED) is 0.297. The van der Waals surface area contributed by atoms with Crippen LogP contribution in [0.4, 0.5) is 11.6 Å². The van der Waals surface area contributed by atoms with Crippen LogP contribution in [0.3, 0.4) is 0 Å². The summed E-state index contributed by atoms with van der Waals surface area (Å²) in [5.74, 6) is 1.53. The van der Waals surface area contributed by atoms with Gasteiger partial charge >= 0.3 is 0 Å². The average molecular weight is 395 g/mol. The molecule has 3 aromatic heterocycles. The molecule has 0 bridgehead atoms. The van der Waals surface area contributed by atoms with E-state index >= 15 is 0 Å². The second kappa shape index (κ2) is 7.95. The molecule has 1 atom stereocenters. The van der Waals surface area contributed by atoms with Crippen molar-refractivity contribution in [1.29, 1.82) is 0 Å². The van der Waals surface area contributed by atoms with E-state index in [-0.39, 0.29) is 6.04 Å². The highest BCUT2D eigenvalue weighted by molar-refractivity contribution is 6.06. The molecule has 10 nitrogen and oxygen atoms in total. The van der Waals surface area contributed by atoms with Crippen molar-refractivity contribution in [3.05, 3.63) is 53.9 Å². The summed E-state index contributed by atoms with van der Waals surface area (Å²) in [7, 11) is 3.50. The SMILES string of the molecule is C[NH+]=CC(=CN)c1cnc2c(n1)N(C(C)c1ccc3ncc(COC)n3c1)N[NH2+]2. The lowest BCUT2D eigenvalue weighted by molar-refractivity contribution is -0.629. The number of pyridine rings is 1. The van der Waals surface area contributed by atoms with E-state index in [0.717, 1.165) is 34.1 Å². The normalized spacial score (nSPS) is 15.4. The molecular weight excluding hydrogens is 370 g/mol. The van der Waals surface area contributed by atoms with Crippen molar-refractivity contribution in [2.45, 2.75) is 19.6 Å². The summed E-state index contributed by atoms with van der Waals surface area (Å²) in [6.45, 7) is 2.61. The molecule has 1 unspecified atom stereocenters. The van der Waals surface area contributed by atoms with Crippen LogP contribution in [0, 0.1) is 0 Å². The molecule has 0 amide bonds. The molecule has 3 aromatic rings. The van der Waals surface area contributed by atoms with Crippen LogP contribution in [0.5, 0.6) is 0 Å². The Morgan fingerprint density at radius 1 is 1.38 bits per heavy atom. The molecule has 1 aliphatic heterocycles. The zero-order chi connectivity index (χ0) is 20.4. The van der Waals surface area contributed by atoms with Crippen LogP contribution in [-0.2, 0) is 11.3 Å². The van der Waals surface area contributed by atoms with E-state index in [9.17, 15) is 0 Å². The first-order valence-electron chi connectivity index (χ1n) is 9.29. The van der Waals surface area contributed by atoms with E-state index in [1.165, 1.54) is 6.20 Å². The molecule has 0 radical (unpaired) electrons. The van der Waals surface area contributed by atoms with Crippen molar-refractivity contribution >= 4 is 29.1 Å². The minimum Gasteiger partial charge on any atom is -0.404 e. The highest BCUT2D eigenvalue weighted by atomic mass is 16.5. The Morgan fingerprint density at radius 3 is 3.00 bits per heavy atom. The smallest absolute Gasteiger partial charge is 0.290 e. The Bertz CT molecular complexity index is 1090. The van der Waals surface area contributed by atoms with Gasteiger partial charge in [0.15, 0.2) is 6.21 Å². The molecule has 29 heavy (non-hydrogen) atoms. The fourth-order valence-corrected chi connectivity index (χ4v) is 3.36. The summed E-state index contributed by atoms with van der Waals surface area (Å²) >= 11 is 0. The van der Waals surface area contributed by atoms with Crippen LogP contribution in [0.25, 0.3) is 11.2 Å². The van der Waals surface area contributed by atoms with Crippen LogP contribution in [-0.4, -0.2) is 39.7 Å². The van der Waals surface area contributed by atoms with Gasteiger partial charge in [0.05, 0.1) is 42.0 Å². The van der Waals surface area contributed by atoms with E-state index < -0.39 is 0 Å². The predicted molar refractivity (Wildman–Crippen MR) is 109 cm³/mol. The van der Waals surface area contributed by atoms with Crippen LogP contribution < -0.4 is 26.7 Å². The first kappa shape index (κ1) is 19.0. The molecule has 150 valence electrons. The Balaban J connectivity index is 1.68. The topological polar surface area (TPSA) is 124 Å². The largest absolute Gasteiger partial charge is 0.404 e. The predicted octanol–water partition coefficient (Wildman–Crippen LogP) is -1.45. The fraction of sp³-hybridized carbons (Fsp3) is 0.263. The fourth-order valence-electron chi connectivity index (χ4n) is 3.36. The van der Waals surface area contributed by atoms with Crippen molar-refractivity contribution in [3.63, 3.8) is 0 Å². The van der Waals surface area contributed by atoms with Crippen molar-refractivity contribution in [3.8, 4) is 0 Å². The first-order valence-corrected chi connectivity index (χ1v) is 9.29. The summed E-state index contributed by atoms with van der Waals surface area (Å²) < 4.78 is 7.33. The van der Waals surface area contributed by atoms with Gasteiger partial charge in [-0.1, -0.05) is 11.6 Å². The van der Waals surface area contributed by atoms with Gasteiger partial charge in [0.25, 0.3) is 5.82 Å². The lowest BCUT2D eigenvalue weighted by atomic mass is 10.1. The number of hydrazine groups is 1. The average Bonchev–Trinajstić information content (AvgIpc) is 3.35. The summed E-state index contributed by atoms with van der Waals surface area (Å²) in [5, 5.41) is 1.99. The van der Waals surface area contributed by atoms with E-state index in [2.05, 4.69) is 44.1 Å². The van der Waals surface area contributed by atoms with Gasteiger partial charge in [-0.25, -0.2) is 15.0 Å². The maximum atomic E-state index is 5.75. The molecule has 1 aliphatic rings. The molecule has 0 spiro atoms. The number of imidazole rings is 1. The Labute approximate surface area is 168 Å². The lowest BCUT2D eigenvalue weighted by Crippen LogP contribution is -2.88. The summed E-state index contributed by atoms with van der Waals surface area (Å²) in [4.78, 5) is 16.7. The standard InChI is InChI=1S/C19H23N9O/c1-12(13-4-5-17-22-8-15(11-29-3)27(17)10-13)28-19-18(25-26-28)23-9-16(24-19)14(6-20)7-21-2/h4-10,12,26H,11,20H2,1-3H3,(H,23,25)/p+2. The Hall–Kier alpha value is -3.34. The van der Waals surface area contributed by atoms with Gasteiger partial charge in [-0.2, -0.15) is 10.4 Å². The minimum atomic E-state index is -0.00201. The zero-order valence-electron chi connectivity index (χ0n) is 16.6. The number of hydrogen-bond donors (Lipinski definition) is 4.